The molecule has 0 aromatic carbocycles. The van der Waals surface area contributed by atoms with E-state index in [1.54, 1.807) is 0 Å². The lowest BCUT2D eigenvalue weighted by atomic mass is 9.54. The van der Waals surface area contributed by atoms with Gasteiger partial charge in [0.05, 0.1) is 37.3 Å². The first kappa shape index (κ1) is 20.8. The summed E-state index contributed by atoms with van der Waals surface area (Å²) in [6.45, 7) is 6.86. The third-order valence-corrected chi connectivity index (χ3v) is 7.76. The number of carboxylic acid groups (broad SMARTS) is 2. The molecule has 2 N–H and O–H groups in total. The van der Waals surface area contributed by atoms with Crippen molar-refractivity contribution < 1.29 is 29.3 Å². The van der Waals surface area contributed by atoms with Gasteiger partial charge in [-0.05, 0) is 44.2 Å². The van der Waals surface area contributed by atoms with E-state index in [1.165, 1.54) is 0 Å². The van der Waals surface area contributed by atoms with E-state index < -0.39 is 22.8 Å². The largest absolute Gasteiger partial charge is 0.481 e. The number of ether oxygens (including phenoxy) is 2. The maximum absolute atomic E-state index is 12.8. The predicted octanol–water partition coefficient (Wildman–Crippen LogP) is 0.779. The van der Waals surface area contributed by atoms with Crippen LogP contribution in [0.15, 0.2) is 12.2 Å². The van der Waals surface area contributed by atoms with Crippen molar-refractivity contribution >= 4 is 11.9 Å². The summed E-state index contributed by atoms with van der Waals surface area (Å²) >= 11 is 0. The standard InChI is InChI=1S/C21H32N2O6/c24-18(25)20(3-5-22-7-11-28-12-8-22)16-1-2-17(15-16)21(20,19(26)27)4-6-23-9-13-29-14-10-23/h1-2,16-17H,3-15H2,(H,24,25)(H,26,27). The normalized spacial score (nSPS) is 37.8. The highest BCUT2D eigenvalue weighted by molar-refractivity contribution is 5.89. The molecule has 4 atom stereocenters. The number of carbonyl (C=O) groups is 2. The molecule has 4 aliphatic rings. The minimum atomic E-state index is -1.26. The van der Waals surface area contributed by atoms with E-state index in [4.69, 9.17) is 9.47 Å². The molecule has 0 radical (unpaired) electrons. The molecule has 3 fully saturated rings. The first-order chi connectivity index (χ1) is 14.0. The Bertz CT molecular complexity index is 604. The number of aliphatic carboxylic acids is 2. The third kappa shape index (κ3) is 3.40. The Balaban J connectivity index is 1.61. The van der Waals surface area contributed by atoms with Crippen LogP contribution in [-0.2, 0) is 19.1 Å². The van der Waals surface area contributed by atoms with Crippen molar-refractivity contribution in [1.82, 2.24) is 9.80 Å². The minimum absolute atomic E-state index is 0.216. The zero-order valence-electron chi connectivity index (χ0n) is 16.9. The Kier molecular flexibility index (Phi) is 5.97. The Morgan fingerprint density at radius 3 is 1.52 bits per heavy atom. The number of nitrogens with zero attached hydrogens (tertiary/aromatic N) is 2. The number of morpholine rings is 2. The van der Waals surface area contributed by atoms with Crippen molar-refractivity contribution in [3.8, 4) is 0 Å². The molecule has 4 unspecified atom stereocenters. The SMILES string of the molecule is O=C(O)C1(CCN2CCOCC2)C2C=CC(C2)C1(CCN1CCOCC1)C(=O)O. The van der Waals surface area contributed by atoms with Crippen LogP contribution in [0.3, 0.4) is 0 Å². The molecule has 1 saturated carbocycles. The molecule has 2 bridgehead atoms. The third-order valence-electron chi connectivity index (χ3n) is 7.76. The zero-order valence-corrected chi connectivity index (χ0v) is 16.9. The van der Waals surface area contributed by atoms with Crippen LogP contribution in [-0.4, -0.2) is 97.6 Å². The fraction of sp³-hybridized carbons (Fsp3) is 0.810. The molecule has 29 heavy (non-hydrogen) atoms. The molecule has 2 saturated heterocycles. The van der Waals surface area contributed by atoms with E-state index >= 15 is 0 Å². The number of hydrogen-bond acceptors (Lipinski definition) is 6. The molecule has 8 heteroatoms. The van der Waals surface area contributed by atoms with Gasteiger partial charge in [-0.3, -0.25) is 19.4 Å². The summed E-state index contributed by atoms with van der Waals surface area (Å²) in [6.07, 6.45) is 5.29. The molecule has 162 valence electrons. The molecular formula is C21H32N2O6. The van der Waals surface area contributed by atoms with E-state index in [2.05, 4.69) is 9.80 Å². The number of rotatable bonds is 8. The summed E-state index contributed by atoms with van der Waals surface area (Å²) in [7, 11) is 0. The Morgan fingerprint density at radius 2 is 1.17 bits per heavy atom. The van der Waals surface area contributed by atoms with E-state index in [0.717, 1.165) is 26.2 Å². The first-order valence-corrected chi connectivity index (χ1v) is 10.8. The molecule has 8 nitrogen and oxygen atoms in total. The highest BCUT2D eigenvalue weighted by atomic mass is 16.5. The number of carboxylic acids is 2. The second kappa shape index (κ2) is 8.34. The molecule has 0 aromatic heterocycles. The van der Waals surface area contributed by atoms with Gasteiger partial charge in [0, 0.05) is 26.2 Å². The van der Waals surface area contributed by atoms with Gasteiger partial charge in [-0.15, -0.1) is 0 Å². The van der Waals surface area contributed by atoms with Crippen LogP contribution in [0.25, 0.3) is 0 Å². The van der Waals surface area contributed by atoms with Crippen molar-refractivity contribution in [3.05, 3.63) is 12.2 Å². The van der Waals surface area contributed by atoms with E-state index in [9.17, 15) is 19.8 Å². The van der Waals surface area contributed by atoms with Gasteiger partial charge in [0.15, 0.2) is 0 Å². The van der Waals surface area contributed by atoms with Crippen LogP contribution in [0.2, 0.25) is 0 Å². The summed E-state index contributed by atoms with van der Waals surface area (Å²) in [5.41, 5.74) is -2.52. The molecular weight excluding hydrogens is 376 g/mol. The second-order valence-corrected chi connectivity index (χ2v) is 8.79. The number of hydrogen-bond donors (Lipinski definition) is 2. The number of allylic oxidation sites excluding steroid dienone is 2. The average Bonchev–Trinajstić information content (AvgIpc) is 3.32. The average molecular weight is 408 g/mol. The van der Waals surface area contributed by atoms with Crippen molar-refractivity contribution in [2.75, 3.05) is 65.7 Å². The van der Waals surface area contributed by atoms with Crippen molar-refractivity contribution in [3.63, 3.8) is 0 Å². The summed E-state index contributed by atoms with van der Waals surface area (Å²) in [4.78, 5) is 30.0. The fourth-order valence-electron chi connectivity index (χ4n) is 6.14. The van der Waals surface area contributed by atoms with Gasteiger partial charge in [0.25, 0.3) is 0 Å². The Labute approximate surface area is 171 Å². The van der Waals surface area contributed by atoms with Crippen LogP contribution < -0.4 is 0 Å². The predicted molar refractivity (Wildman–Crippen MR) is 105 cm³/mol. The summed E-state index contributed by atoms with van der Waals surface area (Å²) < 4.78 is 10.8. The van der Waals surface area contributed by atoms with Gasteiger partial charge in [0.2, 0.25) is 0 Å². The topological polar surface area (TPSA) is 99.5 Å². The molecule has 2 aliphatic carbocycles. The smallest absolute Gasteiger partial charge is 0.311 e. The van der Waals surface area contributed by atoms with Gasteiger partial charge in [-0.1, -0.05) is 12.2 Å². The van der Waals surface area contributed by atoms with Crippen LogP contribution in [0.4, 0.5) is 0 Å². The van der Waals surface area contributed by atoms with Gasteiger partial charge in [-0.2, -0.15) is 0 Å². The minimum Gasteiger partial charge on any atom is -0.481 e. The van der Waals surface area contributed by atoms with E-state index in [0.29, 0.717) is 58.8 Å². The van der Waals surface area contributed by atoms with Crippen molar-refractivity contribution in [2.45, 2.75) is 19.3 Å². The Hall–Kier alpha value is -1.48. The second-order valence-electron chi connectivity index (χ2n) is 8.79. The van der Waals surface area contributed by atoms with E-state index in [1.807, 2.05) is 12.2 Å². The van der Waals surface area contributed by atoms with Gasteiger partial charge in [0.1, 0.15) is 0 Å². The van der Waals surface area contributed by atoms with Crippen LogP contribution in [0, 0.1) is 22.7 Å². The zero-order chi connectivity index (χ0) is 20.5. The van der Waals surface area contributed by atoms with Gasteiger partial charge >= 0.3 is 11.9 Å². The Morgan fingerprint density at radius 1 is 0.793 bits per heavy atom. The molecule has 0 amide bonds. The molecule has 0 spiro atoms. The summed E-state index contributed by atoms with van der Waals surface area (Å²) in [5, 5.41) is 20.9. The molecule has 2 aliphatic heterocycles. The fourth-order valence-corrected chi connectivity index (χ4v) is 6.14. The van der Waals surface area contributed by atoms with Crippen LogP contribution >= 0.6 is 0 Å². The maximum Gasteiger partial charge on any atom is 0.311 e. The summed E-state index contributed by atoms with van der Waals surface area (Å²) in [5.74, 6) is -2.34. The van der Waals surface area contributed by atoms with Crippen molar-refractivity contribution in [1.29, 1.82) is 0 Å². The lowest BCUT2D eigenvalue weighted by Crippen LogP contribution is -2.57. The lowest BCUT2D eigenvalue weighted by molar-refractivity contribution is -0.179. The maximum atomic E-state index is 12.8. The number of fused-ring (bicyclic) bond motifs is 2. The van der Waals surface area contributed by atoms with Gasteiger partial charge < -0.3 is 19.7 Å². The van der Waals surface area contributed by atoms with Crippen LogP contribution in [0.5, 0.6) is 0 Å². The highest BCUT2D eigenvalue weighted by Gasteiger charge is 2.72. The van der Waals surface area contributed by atoms with Gasteiger partial charge in [-0.25, -0.2) is 0 Å². The molecule has 4 rings (SSSR count). The summed E-state index contributed by atoms with van der Waals surface area (Å²) in [6, 6.07) is 0. The quantitative estimate of drug-likeness (QED) is 0.569. The monoisotopic (exact) mass is 408 g/mol. The molecule has 0 aromatic rings. The lowest BCUT2D eigenvalue weighted by Gasteiger charge is -2.47. The van der Waals surface area contributed by atoms with Crippen LogP contribution in [0.1, 0.15) is 19.3 Å². The first-order valence-electron chi connectivity index (χ1n) is 10.8. The van der Waals surface area contributed by atoms with Crippen molar-refractivity contribution in [2.24, 2.45) is 22.7 Å². The molecule has 2 heterocycles. The highest BCUT2D eigenvalue weighted by Crippen LogP contribution is 2.67. The van der Waals surface area contributed by atoms with E-state index in [-0.39, 0.29) is 11.8 Å².